The Morgan fingerprint density at radius 3 is 2.81 bits per heavy atom. The van der Waals surface area contributed by atoms with E-state index in [1.165, 1.54) is 24.8 Å². The predicted molar refractivity (Wildman–Crippen MR) is 116 cm³/mol. The maximum Gasteiger partial charge on any atom is 0.231 e. The molecular weight excluding hydrogens is 457 g/mol. The molecule has 1 aliphatic heterocycles. The van der Waals surface area contributed by atoms with E-state index < -0.39 is 0 Å². The molecule has 0 amide bonds. The highest BCUT2D eigenvalue weighted by Gasteiger charge is 2.59. The Kier molecular flexibility index (Phi) is 6.73. The maximum absolute atomic E-state index is 5.93. The lowest BCUT2D eigenvalue weighted by Crippen LogP contribution is -2.68. The van der Waals surface area contributed by atoms with Gasteiger partial charge in [0.2, 0.25) is 6.79 Å². The Labute approximate surface area is 178 Å². The first-order valence-corrected chi connectivity index (χ1v) is 9.72. The number of rotatable bonds is 6. The lowest BCUT2D eigenvalue weighted by Gasteiger charge is -2.61. The highest BCUT2D eigenvalue weighted by atomic mass is 127. The zero-order valence-electron chi connectivity index (χ0n) is 16.1. The predicted octanol–water partition coefficient (Wildman–Crippen LogP) is 3.09. The van der Waals surface area contributed by atoms with Gasteiger partial charge in [-0.05, 0) is 50.3 Å². The molecule has 150 valence electrons. The number of benzene rings is 1. The van der Waals surface area contributed by atoms with Crippen LogP contribution in [0.1, 0.15) is 38.2 Å². The van der Waals surface area contributed by atoms with Gasteiger partial charge in [0.25, 0.3) is 0 Å². The fourth-order valence-corrected chi connectivity index (χ4v) is 4.42. The zero-order valence-corrected chi connectivity index (χ0v) is 18.5. The topological polar surface area (TPSA) is 64.1 Å². The van der Waals surface area contributed by atoms with Crippen molar-refractivity contribution in [1.29, 1.82) is 0 Å². The van der Waals surface area contributed by atoms with E-state index in [1.54, 1.807) is 0 Å². The zero-order chi connectivity index (χ0) is 18.0. The summed E-state index contributed by atoms with van der Waals surface area (Å²) in [6, 6.07) is 6.60. The molecule has 1 heterocycles. The third-order valence-electron chi connectivity index (χ3n) is 6.11. The third-order valence-corrected chi connectivity index (χ3v) is 6.11. The van der Waals surface area contributed by atoms with Crippen molar-refractivity contribution in [2.45, 2.75) is 51.2 Å². The Balaban J connectivity index is 0.00000210. The fraction of sp³-hybridized carbons (Fsp3) is 0.650. The second-order valence-electron chi connectivity index (χ2n) is 7.40. The molecule has 1 aromatic rings. The summed E-state index contributed by atoms with van der Waals surface area (Å²) in [4.78, 5) is 4.40. The van der Waals surface area contributed by atoms with E-state index in [4.69, 9.17) is 14.2 Å². The lowest BCUT2D eigenvalue weighted by atomic mass is 9.51. The number of hydrogen-bond donors (Lipinski definition) is 2. The van der Waals surface area contributed by atoms with Crippen molar-refractivity contribution < 1.29 is 14.2 Å². The SMILES string of the molecule is CCOC1CC(NC(=NC)NCCc2ccc3c(c2)OCO3)C12CCC2.I. The van der Waals surface area contributed by atoms with E-state index in [9.17, 15) is 0 Å². The molecule has 0 bridgehead atoms. The molecule has 1 spiro atoms. The molecule has 1 aromatic carbocycles. The molecule has 6 nitrogen and oxygen atoms in total. The first-order chi connectivity index (χ1) is 12.7. The normalized spacial score (nSPS) is 24.6. The first kappa shape index (κ1) is 20.5. The van der Waals surface area contributed by atoms with Gasteiger partial charge in [-0.1, -0.05) is 12.5 Å². The summed E-state index contributed by atoms with van der Waals surface area (Å²) >= 11 is 0. The molecule has 2 fully saturated rings. The van der Waals surface area contributed by atoms with Crippen molar-refractivity contribution in [3.63, 3.8) is 0 Å². The van der Waals surface area contributed by atoms with Crippen LogP contribution in [0.2, 0.25) is 0 Å². The molecule has 2 N–H and O–H groups in total. The van der Waals surface area contributed by atoms with E-state index in [0.717, 1.165) is 43.5 Å². The summed E-state index contributed by atoms with van der Waals surface area (Å²) < 4.78 is 16.7. The summed E-state index contributed by atoms with van der Waals surface area (Å²) in [5.74, 6) is 2.56. The van der Waals surface area contributed by atoms with Gasteiger partial charge >= 0.3 is 0 Å². The summed E-state index contributed by atoms with van der Waals surface area (Å²) in [5.41, 5.74) is 1.57. The molecule has 2 unspecified atom stereocenters. The van der Waals surface area contributed by atoms with Crippen LogP contribution in [0.5, 0.6) is 11.5 Å². The summed E-state index contributed by atoms with van der Waals surface area (Å²) in [6.45, 7) is 4.04. The van der Waals surface area contributed by atoms with E-state index in [-0.39, 0.29) is 24.0 Å². The van der Waals surface area contributed by atoms with Crippen LogP contribution in [0.4, 0.5) is 0 Å². The number of guanidine groups is 1. The monoisotopic (exact) mass is 487 g/mol. The van der Waals surface area contributed by atoms with Gasteiger partial charge in [0.15, 0.2) is 17.5 Å². The second kappa shape index (κ2) is 8.86. The van der Waals surface area contributed by atoms with Crippen LogP contribution in [-0.2, 0) is 11.2 Å². The van der Waals surface area contributed by atoms with Gasteiger partial charge in [0, 0.05) is 31.7 Å². The van der Waals surface area contributed by atoms with Crippen molar-refractivity contribution in [2.75, 3.05) is 27.0 Å². The minimum absolute atomic E-state index is 0. The van der Waals surface area contributed by atoms with Crippen molar-refractivity contribution in [1.82, 2.24) is 10.6 Å². The molecule has 4 rings (SSSR count). The van der Waals surface area contributed by atoms with Crippen LogP contribution in [-0.4, -0.2) is 45.1 Å². The van der Waals surface area contributed by atoms with Gasteiger partial charge in [0.1, 0.15) is 0 Å². The largest absolute Gasteiger partial charge is 0.454 e. The molecular formula is C20H30IN3O3. The number of fused-ring (bicyclic) bond motifs is 1. The van der Waals surface area contributed by atoms with Crippen LogP contribution < -0.4 is 20.1 Å². The fourth-order valence-electron chi connectivity index (χ4n) is 4.42. The number of nitrogens with one attached hydrogen (secondary N) is 2. The highest BCUT2D eigenvalue weighted by molar-refractivity contribution is 14.0. The molecule has 2 aliphatic carbocycles. The smallest absolute Gasteiger partial charge is 0.231 e. The minimum atomic E-state index is 0. The van der Waals surface area contributed by atoms with Crippen LogP contribution in [0, 0.1) is 5.41 Å². The number of aliphatic imine (C=N–C) groups is 1. The summed E-state index contributed by atoms with van der Waals surface area (Å²) in [5, 5.41) is 7.07. The second-order valence-corrected chi connectivity index (χ2v) is 7.40. The van der Waals surface area contributed by atoms with Crippen molar-refractivity contribution in [3.8, 4) is 11.5 Å². The molecule has 27 heavy (non-hydrogen) atoms. The molecule has 3 aliphatic rings. The van der Waals surface area contributed by atoms with Crippen LogP contribution in [0.15, 0.2) is 23.2 Å². The molecule has 7 heteroatoms. The van der Waals surface area contributed by atoms with Crippen molar-refractivity contribution >= 4 is 29.9 Å². The Bertz CT molecular complexity index is 678. The summed E-state index contributed by atoms with van der Waals surface area (Å²) in [7, 11) is 1.84. The average Bonchev–Trinajstić information content (AvgIpc) is 3.05. The maximum atomic E-state index is 5.93. The Morgan fingerprint density at radius 2 is 2.11 bits per heavy atom. The Morgan fingerprint density at radius 1 is 1.30 bits per heavy atom. The third kappa shape index (κ3) is 3.99. The molecule has 0 saturated heterocycles. The first-order valence-electron chi connectivity index (χ1n) is 9.72. The highest BCUT2D eigenvalue weighted by Crippen LogP contribution is 2.57. The molecule has 0 radical (unpaired) electrons. The molecule has 0 aromatic heterocycles. The number of hydrogen-bond acceptors (Lipinski definition) is 4. The lowest BCUT2D eigenvalue weighted by molar-refractivity contribution is -0.168. The van der Waals surface area contributed by atoms with Crippen molar-refractivity contribution in [3.05, 3.63) is 23.8 Å². The number of nitrogens with zero attached hydrogens (tertiary/aromatic N) is 1. The van der Waals surface area contributed by atoms with Gasteiger partial charge in [0.05, 0.1) is 6.10 Å². The summed E-state index contributed by atoms with van der Waals surface area (Å²) in [6.07, 6.45) is 6.27. The van der Waals surface area contributed by atoms with Gasteiger partial charge in [-0.15, -0.1) is 24.0 Å². The quantitative estimate of drug-likeness (QED) is 0.367. The average molecular weight is 487 g/mol. The Hall–Kier alpha value is -1.22. The van der Waals surface area contributed by atoms with Crippen LogP contribution >= 0.6 is 24.0 Å². The number of ether oxygens (including phenoxy) is 3. The van der Waals surface area contributed by atoms with E-state index >= 15 is 0 Å². The minimum Gasteiger partial charge on any atom is -0.454 e. The van der Waals surface area contributed by atoms with Crippen molar-refractivity contribution in [2.24, 2.45) is 10.4 Å². The van der Waals surface area contributed by atoms with E-state index in [1.807, 2.05) is 13.1 Å². The van der Waals surface area contributed by atoms with E-state index in [2.05, 4.69) is 34.7 Å². The van der Waals surface area contributed by atoms with Crippen LogP contribution in [0.25, 0.3) is 0 Å². The van der Waals surface area contributed by atoms with Crippen LogP contribution in [0.3, 0.4) is 0 Å². The van der Waals surface area contributed by atoms with Gasteiger partial charge < -0.3 is 24.8 Å². The van der Waals surface area contributed by atoms with Gasteiger partial charge in [-0.25, -0.2) is 0 Å². The molecule has 2 saturated carbocycles. The van der Waals surface area contributed by atoms with Gasteiger partial charge in [-0.2, -0.15) is 0 Å². The van der Waals surface area contributed by atoms with E-state index in [0.29, 0.717) is 24.4 Å². The number of halogens is 1. The van der Waals surface area contributed by atoms with Gasteiger partial charge in [-0.3, -0.25) is 4.99 Å². The standard InChI is InChI=1S/C20H29N3O3.HI/c1-3-24-18-12-17(20(18)8-4-9-20)23-19(21-2)22-10-7-14-5-6-15-16(11-14)26-13-25-15;/h5-6,11,17-18H,3-4,7-10,12-13H2,1-2H3,(H2,21,22,23);1H. The molecule has 2 atom stereocenters.